The first kappa shape index (κ1) is 25.5. The van der Waals surface area contributed by atoms with Crippen molar-refractivity contribution >= 4 is 20.2 Å². The maximum Gasteiger partial charge on any atom is 0.300 e. The highest BCUT2D eigenvalue weighted by atomic mass is 28.4. The van der Waals surface area contributed by atoms with Gasteiger partial charge in [-0.05, 0) is 48.2 Å². The van der Waals surface area contributed by atoms with E-state index >= 15 is 0 Å². The Hall–Kier alpha value is -3.63. The van der Waals surface area contributed by atoms with E-state index in [2.05, 4.69) is 139 Å². The second-order valence-electron chi connectivity index (χ2n) is 9.26. The van der Waals surface area contributed by atoms with Crippen LogP contribution >= 0.6 is 0 Å². The molecule has 4 aromatic rings. The number of hydrogen-bond acceptors (Lipinski definition) is 3. The van der Waals surface area contributed by atoms with Gasteiger partial charge in [0.15, 0.2) is 0 Å². The predicted molar refractivity (Wildman–Crippen MR) is 155 cm³/mol. The summed E-state index contributed by atoms with van der Waals surface area (Å²) in [6.07, 6.45) is 1.87. The van der Waals surface area contributed by atoms with Crippen molar-refractivity contribution in [1.82, 2.24) is 0 Å². The average molecular weight is 493 g/mol. The zero-order valence-electron chi connectivity index (χ0n) is 21.4. The van der Waals surface area contributed by atoms with Crippen LogP contribution in [0.2, 0.25) is 0 Å². The molecule has 0 saturated heterocycles. The van der Waals surface area contributed by atoms with Crippen LogP contribution in [0.1, 0.15) is 36.1 Å². The van der Waals surface area contributed by atoms with E-state index in [0.717, 1.165) is 36.8 Å². The van der Waals surface area contributed by atoms with E-state index < -0.39 is 8.32 Å². The number of anilines is 1. The van der Waals surface area contributed by atoms with Crippen LogP contribution in [0.15, 0.2) is 120 Å². The molecule has 0 spiro atoms. The van der Waals surface area contributed by atoms with E-state index in [-0.39, 0.29) is 0 Å². The maximum atomic E-state index is 6.66. The number of rotatable bonds is 12. The number of oxime groups is 1. The van der Waals surface area contributed by atoms with Gasteiger partial charge in [-0.3, -0.25) is 0 Å². The summed E-state index contributed by atoms with van der Waals surface area (Å²) < 4.78 is 6.66. The first-order chi connectivity index (χ1) is 17.7. The Morgan fingerprint density at radius 2 is 1.03 bits per heavy atom. The molecule has 0 bridgehead atoms. The Morgan fingerprint density at radius 1 is 0.611 bits per heavy atom. The number of benzene rings is 4. The van der Waals surface area contributed by atoms with Crippen molar-refractivity contribution in [2.24, 2.45) is 5.16 Å². The van der Waals surface area contributed by atoms with Crippen LogP contribution in [0.5, 0.6) is 0 Å². The first-order valence-electron chi connectivity index (χ1n) is 12.9. The van der Waals surface area contributed by atoms with E-state index in [1.165, 1.54) is 22.4 Å². The molecule has 0 atom stereocenters. The monoisotopic (exact) mass is 492 g/mol. The minimum Gasteiger partial charge on any atom is -0.454 e. The van der Waals surface area contributed by atoms with Gasteiger partial charge in [-0.15, -0.1) is 5.16 Å². The smallest absolute Gasteiger partial charge is 0.300 e. The van der Waals surface area contributed by atoms with E-state index in [9.17, 15) is 0 Å². The van der Waals surface area contributed by atoms with Gasteiger partial charge in [0.05, 0.1) is 6.21 Å². The second kappa shape index (κ2) is 12.9. The molecule has 0 aliphatic carbocycles. The molecule has 4 heteroatoms. The van der Waals surface area contributed by atoms with E-state index in [0.29, 0.717) is 0 Å². The lowest BCUT2D eigenvalue weighted by molar-refractivity contribution is 0.319. The summed E-state index contributed by atoms with van der Waals surface area (Å²) in [5, 5.41) is 4.64. The summed E-state index contributed by atoms with van der Waals surface area (Å²) >= 11 is 0. The summed E-state index contributed by atoms with van der Waals surface area (Å²) in [6, 6.07) is 43.4. The SMILES string of the molecule is CCN(CC)c1ccc(C=NO[Si](Cc2ccccc2)(Cc2ccccc2)Cc2ccccc2)cc1. The topological polar surface area (TPSA) is 24.8 Å². The quantitative estimate of drug-likeness (QED) is 0.119. The van der Waals surface area contributed by atoms with Gasteiger partial charge in [-0.1, -0.05) is 103 Å². The highest BCUT2D eigenvalue weighted by molar-refractivity contribution is 6.72. The Kier molecular flexibility index (Phi) is 9.12. The van der Waals surface area contributed by atoms with Crippen molar-refractivity contribution in [3.8, 4) is 0 Å². The molecule has 184 valence electrons. The Labute approximate surface area is 217 Å². The lowest BCUT2D eigenvalue weighted by Gasteiger charge is -2.29. The fraction of sp³-hybridized carbons (Fsp3) is 0.219. The van der Waals surface area contributed by atoms with E-state index in [4.69, 9.17) is 4.53 Å². The molecule has 4 rings (SSSR count). The van der Waals surface area contributed by atoms with Gasteiger partial charge < -0.3 is 9.43 Å². The zero-order chi connectivity index (χ0) is 25.1. The molecule has 0 radical (unpaired) electrons. The number of hydrogen-bond donors (Lipinski definition) is 0. The molecule has 0 aliphatic rings. The summed E-state index contributed by atoms with van der Waals surface area (Å²) in [5.74, 6) is 0. The maximum absolute atomic E-state index is 6.66. The van der Waals surface area contributed by atoms with Crippen LogP contribution in [0.25, 0.3) is 0 Å². The second-order valence-corrected chi connectivity index (χ2v) is 12.9. The Bertz CT molecular complexity index is 1090. The summed E-state index contributed by atoms with van der Waals surface area (Å²) in [4.78, 5) is 2.34. The fourth-order valence-corrected chi connectivity index (χ4v) is 8.53. The van der Waals surface area contributed by atoms with Crippen molar-refractivity contribution in [3.05, 3.63) is 138 Å². The minimum atomic E-state index is -2.42. The third kappa shape index (κ3) is 7.19. The lowest BCUT2D eigenvalue weighted by Crippen LogP contribution is -2.46. The number of nitrogens with zero attached hydrogens (tertiary/aromatic N) is 2. The molecule has 0 heterocycles. The van der Waals surface area contributed by atoms with Gasteiger partial charge in [-0.2, -0.15) is 0 Å². The van der Waals surface area contributed by atoms with Gasteiger partial charge in [0.1, 0.15) is 0 Å². The molecule has 0 amide bonds. The van der Waals surface area contributed by atoms with E-state index in [1.54, 1.807) is 0 Å². The first-order valence-corrected chi connectivity index (χ1v) is 15.4. The van der Waals surface area contributed by atoms with Gasteiger partial charge in [-0.25, -0.2) is 0 Å². The molecule has 4 aromatic carbocycles. The molecule has 0 aromatic heterocycles. The van der Waals surface area contributed by atoms with Crippen molar-refractivity contribution in [1.29, 1.82) is 0 Å². The third-order valence-electron chi connectivity index (χ3n) is 6.58. The van der Waals surface area contributed by atoms with Gasteiger partial charge in [0.25, 0.3) is 8.32 Å². The van der Waals surface area contributed by atoms with E-state index in [1.807, 2.05) is 6.21 Å². The van der Waals surface area contributed by atoms with Crippen LogP contribution in [0.3, 0.4) is 0 Å². The molecule has 36 heavy (non-hydrogen) atoms. The highest BCUT2D eigenvalue weighted by Gasteiger charge is 2.39. The van der Waals surface area contributed by atoms with Gasteiger partial charge >= 0.3 is 0 Å². The molecular formula is C32H36N2OSi. The molecule has 0 N–H and O–H groups in total. The van der Waals surface area contributed by atoms with Crippen molar-refractivity contribution < 1.29 is 4.53 Å². The van der Waals surface area contributed by atoms with Crippen LogP contribution in [0, 0.1) is 0 Å². The molecule has 0 aliphatic heterocycles. The summed E-state index contributed by atoms with van der Waals surface area (Å²) in [7, 11) is -2.42. The van der Waals surface area contributed by atoms with Crippen LogP contribution in [-0.4, -0.2) is 27.6 Å². The van der Waals surface area contributed by atoms with Crippen molar-refractivity contribution in [2.45, 2.75) is 32.0 Å². The summed E-state index contributed by atoms with van der Waals surface area (Å²) in [6.45, 7) is 6.37. The van der Waals surface area contributed by atoms with Crippen molar-refractivity contribution in [3.63, 3.8) is 0 Å². The Morgan fingerprint density at radius 3 is 1.42 bits per heavy atom. The standard InChI is InChI=1S/C32H36N2OSi/c1-3-34(4-2)32-22-20-28(21-23-32)24-33-35-36(25-29-14-8-5-9-15-29,26-30-16-10-6-11-17-30)27-31-18-12-7-13-19-31/h5-24H,3-4,25-27H2,1-2H3. The average Bonchev–Trinajstić information content (AvgIpc) is 2.92. The molecule has 0 unspecified atom stereocenters. The van der Waals surface area contributed by atoms with Gasteiger partial charge in [0, 0.05) is 36.9 Å². The fourth-order valence-electron chi connectivity index (χ4n) is 4.75. The van der Waals surface area contributed by atoms with Gasteiger partial charge in [0.2, 0.25) is 0 Å². The third-order valence-corrected chi connectivity index (χ3v) is 10.2. The molecule has 0 saturated carbocycles. The largest absolute Gasteiger partial charge is 0.454 e. The lowest BCUT2D eigenvalue weighted by atomic mass is 10.2. The van der Waals surface area contributed by atoms with Crippen molar-refractivity contribution in [2.75, 3.05) is 18.0 Å². The minimum absolute atomic E-state index is 0.899. The predicted octanol–water partition coefficient (Wildman–Crippen LogP) is 7.17. The molecular weight excluding hydrogens is 456 g/mol. The normalized spacial score (nSPS) is 11.5. The van der Waals surface area contributed by atoms with Crippen LogP contribution in [-0.2, 0) is 22.7 Å². The van der Waals surface area contributed by atoms with Crippen LogP contribution < -0.4 is 4.90 Å². The Balaban J connectivity index is 1.63. The summed E-state index contributed by atoms with van der Waals surface area (Å²) in [5.41, 5.74) is 6.19. The highest BCUT2D eigenvalue weighted by Crippen LogP contribution is 2.24. The molecule has 0 fully saturated rings. The zero-order valence-corrected chi connectivity index (χ0v) is 22.4. The molecule has 3 nitrogen and oxygen atoms in total. The van der Waals surface area contributed by atoms with Crippen LogP contribution in [0.4, 0.5) is 5.69 Å².